The van der Waals surface area contributed by atoms with Crippen LogP contribution in [0.4, 0.5) is 0 Å². The van der Waals surface area contributed by atoms with Crippen LogP contribution in [-0.4, -0.2) is 11.6 Å². The van der Waals surface area contributed by atoms with E-state index in [0.29, 0.717) is 0 Å². The van der Waals surface area contributed by atoms with Gasteiger partial charge in [0.1, 0.15) is 5.60 Å². The first-order chi connectivity index (χ1) is 4.90. The molecular weight excluding hydrogens is 140 g/mol. The van der Waals surface area contributed by atoms with E-state index in [1.54, 1.807) is 0 Å². The summed E-state index contributed by atoms with van der Waals surface area (Å²) in [7, 11) is 0. The second-order valence-corrected chi connectivity index (χ2v) is 3.08. The van der Waals surface area contributed by atoms with Crippen LogP contribution in [0.2, 0.25) is 0 Å². The summed E-state index contributed by atoms with van der Waals surface area (Å²) in [6, 6.07) is 0. The third-order valence-electron chi connectivity index (χ3n) is 1.78. The summed E-state index contributed by atoms with van der Waals surface area (Å²) >= 11 is 0. The van der Waals surface area contributed by atoms with E-state index in [-0.39, 0.29) is 5.97 Å². The molecule has 0 spiro atoms. The molecule has 0 fully saturated rings. The lowest BCUT2D eigenvalue weighted by Crippen LogP contribution is -2.28. The Morgan fingerprint density at radius 2 is 1.82 bits per heavy atom. The highest BCUT2D eigenvalue weighted by atomic mass is 16.6. The second kappa shape index (κ2) is 3.56. The highest BCUT2D eigenvalue weighted by Crippen LogP contribution is 2.19. The van der Waals surface area contributed by atoms with Crippen molar-refractivity contribution in [3.8, 4) is 0 Å². The number of carbonyl (C=O) groups excluding carboxylic acids is 1. The minimum Gasteiger partial charge on any atom is -0.455 e. The summed E-state index contributed by atoms with van der Waals surface area (Å²) in [5, 5.41) is 0. The molecule has 11 heavy (non-hydrogen) atoms. The van der Waals surface area contributed by atoms with Crippen LogP contribution in [0.3, 0.4) is 0 Å². The summed E-state index contributed by atoms with van der Waals surface area (Å²) in [5.74, 6) is -0.240. The Morgan fingerprint density at radius 1 is 1.36 bits per heavy atom. The molecule has 0 saturated heterocycles. The monoisotopic (exact) mass is 156 g/mol. The Balaban J connectivity index is 4.33. The van der Waals surface area contributed by atoms with E-state index >= 15 is 0 Å². The van der Waals surface area contributed by atoms with Gasteiger partial charge < -0.3 is 4.74 Å². The van der Waals surface area contributed by atoms with Gasteiger partial charge in [0.2, 0.25) is 0 Å². The molecule has 0 heterocycles. The van der Waals surface area contributed by atoms with Crippen LogP contribution in [-0.2, 0) is 9.53 Å². The summed E-state index contributed by atoms with van der Waals surface area (Å²) in [6.07, 6.45) is 1.95. The van der Waals surface area contributed by atoms with E-state index in [1.807, 2.05) is 33.8 Å². The van der Waals surface area contributed by atoms with Crippen molar-refractivity contribution in [2.75, 3.05) is 0 Å². The molecule has 0 aliphatic carbocycles. The average molecular weight is 156 g/mol. The van der Waals surface area contributed by atoms with E-state index in [0.717, 1.165) is 5.57 Å². The minimum atomic E-state index is -0.458. The lowest BCUT2D eigenvalue weighted by Gasteiger charge is -2.25. The number of esters is 1. The molecule has 0 rings (SSSR count). The number of hydrogen-bond acceptors (Lipinski definition) is 2. The maximum atomic E-state index is 10.6. The van der Waals surface area contributed by atoms with E-state index in [1.165, 1.54) is 6.92 Å². The minimum absolute atomic E-state index is 0.240. The molecule has 0 aliphatic rings. The number of allylic oxidation sites excluding steroid dienone is 1. The van der Waals surface area contributed by atoms with Gasteiger partial charge in [0.15, 0.2) is 0 Å². The molecule has 2 heteroatoms. The third kappa shape index (κ3) is 3.21. The molecule has 0 aliphatic heterocycles. The zero-order valence-electron chi connectivity index (χ0n) is 7.89. The van der Waals surface area contributed by atoms with Crippen molar-refractivity contribution in [3.05, 3.63) is 11.6 Å². The molecule has 0 unspecified atom stereocenters. The van der Waals surface area contributed by atoms with E-state index in [4.69, 9.17) is 4.74 Å². The number of hydrogen-bond donors (Lipinski definition) is 0. The average Bonchev–Trinajstić information content (AvgIpc) is 1.83. The second-order valence-electron chi connectivity index (χ2n) is 3.08. The van der Waals surface area contributed by atoms with Crippen LogP contribution in [0.15, 0.2) is 11.6 Å². The summed E-state index contributed by atoms with van der Waals surface area (Å²) in [4.78, 5) is 10.6. The van der Waals surface area contributed by atoms with Crippen molar-refractivity contribution in [3.63, 3.8) is 0 Å². The highest BCUT2D eigenvalue weighted by Gasteiger charge is 2.22. The topological polar surface area (TPSA) is 26.3 Å². The maximum Gasteiger partial charge on any atom is 0.303 e. The molecule has 0 radical (unpaired) electrons. The summed E-state index contributed by atoms with van der Waals surface area (Å²) in [5.41, 5.74) is 0.605. The molecule has 0 atom stereocenters. The zero-order valence-corrected chi connectivity index (χ0v) is 7.89. The van der Waals surface area contributed by atoms with Crippen LogP contribution < -0.4 is 0 Å². The van der Waals surface area contributed by atoms with Crippen LogP contribution in [0.25, 0.3) is 0 Å². The molecule has 64 valence electrons. The third-order valence-corrected chi connectivity index (χ3v) is 1.78. The van der Waals surface area contributed by atoms with Crippen LogP contribution in [0.5, 0.6) is 0 Å². The smallest absolute Gasteiger partial charge is 0.303 e. The number of rotatable bonds is 2. The lowest BCUT2D eigenvalue weighted by atomic mass is 9.99. The Labute approximate surface area is 68.2 Å². The van der Waals surface area contributed by atoms with Crippen molar-refractivity contribution >= 4 is 5.97 Å². The van der Waals surface area contributed by atoms with Gasteiger partial charge in [-0.05, 0) is 33.3 Å². The maximum absolute atomic E-state index is 10.6. The summed E-state index contributed by atoms with van der Waals surface area (Å²) in [6.45, 7) is 9.06. The van der Waals surface area contributed by atoms with Crippen molar-refractivity contribution in [2.45, 2.75) is 40.2 Å². The molecule has 0 aromatic carbocycles. The van der Waals surface area contributed by atoms with Crippen LogP contribution in [0.1, 0.15) is 34.6 Å². The first-order valence-corrected chi connectivity index (χ1v) is 3.73. The van der Waals surface area contributed by atoms with Crippen molar-refractivity contribution in [1.29, 1.82) is 0 Å². The van der Waals surface area contributed by atoms with Gasteiger partial charge in [-0.1, -0.05) is 6.08 Å². The number of ether oxygens (including phenoxy) is 1. The molecule has 0 N–H and O–H groups in total. The van der Waals surface area contributed by atoms with Crippen LogP contribution >= 0.6 is 0 Å². The molecule has 0 saturated carbocycles. The SMILES string of the molecule is C/C=C(\C)C(C)(C)OC(C)=O. The Kier molecular flexibility index (Phi) is 3.30. The molecule has 0 bridgehead atoms. The molecule has 0 aromatic rings. The lowest BCUT2D eigenvalue weighted by molar-refractivity contribution is -0.150. The largest absolute Gasteiger partial charge is 0.455 e. The quantitative estimate of drug-likeness (QED) is 0.453. The Morgan fingerprint density at radius 3 is 2.09 bits per heavy atom. The zero-order chi connectivity index (χ0) is 9.07. The van der Waals surface area contributed by atoms with Crippen LogP contribution in [0, 0.1) is 0 Å². The molecule has 0 aromatic heterocycles. The van der Waals surface area contributed by atoms with Gasteiger partial charge in [-0.25, -0.2) is 0 Å². The van der Waals surface area contributed by atoms with E-state index in [9.17, 15) is 4.79 Å². The fourth-order valence-corrected chi connectivity index (χ4v) is 0.787. The predicted molar refractivity (Wildman–Crippen MR) is 45.3 cm³/mol. The van der Waals surface area contributed by atoms with Gasteiger partial charge in [-0.2, -0.15) is 0 Å². The normalized spacial score (nSPS) is 13.0. The molecule has 2 nitrogen and oxygen atoms in total. The van der Waals surface area contributed by atoms with E-state index < -0.39 is 5.60 Å². The van der Waals surface area contributed by atoms with Crippen molar-refractivity contribution < 1.29 is 9.53 Å². The predicted octanol–water partition coefficient (Wildman–Crippen LogP) is 2.29. The Bertz CT molecular complexity index is 178. The first-order valence-electron chi connectivity index (χ1n) is 3.73. The van der Waals surface area contributed by atoms with Crippen molar-refractivity contribution in [1.82, 2.24) is 0 Å². The van der Waals surface area contributed by atoms with Crippen molar-refractivity contribution in [2.24, 2.45) is 0 Å². The van der Waals surface area contributed by atoms with Gasteiger partial charge in [-0.15, -0.1) is 0 Å². The van der Waals surface area contributed by atoms with Gasteiger partial charge in [0.05, 0.1) is 0 Å². The standard InChI is InChI=1S/C9H16O2/c1-6-7(2)9(4,5)11-8(3)10/h6H,1-5H3/b7-6+. The molecule has 0 amide bonds. The van der Waals surface area contributed by atoms with E-state index in [2.05, 4.69) is 0 Å². The number of carbonyl (C=O) groups is 1. The highest BCUT2D eigenvalue weighted by molar-refractivity contribution is 5.66. The van der Waals surface area contributed by atoms with Gasteiger partial charge in [-0.3, -0.25) is 4.79 Å². The van der Waals surface area contributed by atoms with Gasteiger partial charge in [0.25, 0.3) is 0 Å². The fourth-order valence-electron chi connectivity index (χ4n) is 0.787. The van der Waals surface area contributed by atoms with Gasteiger partial charge >= 0.3 is 5.97 Å². The molecular formula is C9H16O2. The summed E-state index contributed by atoms with van der Waals surface area (Å²) < 4.78 is 5.08. The Hall–Kier alpha value is -0.790. The fraction of sp³-hybridized carbons (Fsp3) is 0.667. The van der Waals surface area contributed by atoms with Gasteiger partial charge in [0, 0.05) is 6.92 Å². The first kappa shape index (κ1) is 10.2.